The Bertz CT molecular complexity index is 649. The second kappa shape index (κ2) is 5.06. The minimum atomic E-state index is -0.977. The fourth-order valence-corrected chi connectivity index (χ4v) is 2.38. The normalized spacial score (nSPS) is 29.6. The smallest absolute Gasteiger partial charge is 0.311 e. The number of fused-ring (bicyclic) bond motifs is 3. The van der Waals surface area contributed by atoms with E-state index in [-0.39, 0.29) is 18.6 Å². The molecule has 22 heavy (non-hydrogen) atoms. The van der Waals surface area contributed by atoms with Gasteiger partial charge in [-0.3, -0.25) is 14.2 Å². The SMILES string of the molecule is CC(C)(C)C(=O)OC[C@H]1O[C@@H]2[C@@H](Oc3nc(=O)ccn32)[C@@H]1O. The molecule has 1 saturated heterocycles. The van der Waals surface area contributed by atoms with Gasteiger partial charge in [-0.05, 0) is 20.8 Å². The summed E-state index contributed by atoms with van der Waals surface area (Å²) in [6, 6.07) is 1.41. The topological polar surface area (TPSA) is 99.9 Å². The number of aliphatic hydroxyl groups excluding tert-OH is 1. The van der Waals surface area contributed by atoms with Gasteiger partial charge in [0.1, 0.15) is 18.8 Å². The largest absolute Gasteiger partial charge is 0.462 e. The summed E-state index contributed by atoms with van der Waals surface area (Å²) in [7, 11) is 0. The number of carbonyl (C=O) groups is 1. The molecule has 8 heteroatoms. The molecular weight excluding hydrogens is 292 g/mol. The first-order chi connectivity index (χ1) is 10.3. The molecule has 0 aliphatic carbocycles. The minimum absolute atomic E-state index is 0.0589. The van der Waals surface area contributed by atoms with Gasteiger partial charge in [0.25, 0.3) is 5.56 Å². The van der Waals surface area contributed by atoms with Crippen molar-refractivity contribution in [3.8, 4) is 6.01 Å². The number of esters is 1. The molecule has 0 aromatic carbocycles. The molecule has 8 nitrogen and oxygen atoms in total. The molecule has 120 valence electrons. The van der Waals surface area contributed by atoms with Crippen LogP contribution in [0.3, 0.4) is 0 Å². The van der Waals surface area contributed by atoms with Gasteiger partial charge in [-0.2, -0.15) is 4.98 Å². The Labute approximate surface area is 126 Å². The van der Waals surface area contributed by atoms with E-state index in [0.29, 0.717) is 0 Å². The van der Waals surface area contributed by atoms with E-state index in [0.717, 1.165) is 0 Å². The lowest BCUT2D eigenvalue weighted by Crippen LogP contribution is -2.37. The fraction of sp³-hybridized carbons (Fsp3) is 0.643. The van der Waals surface area contributed by atoms with Crippen LogP contribution >= 0.6 is 0 Å². The van der Waals surface area contributed by atoms with E-state index < -0.39 is 35.5 Å². The van der Waals surface area contributed by atoms with Crippen molar-refractivity contribution in [3.63, 3.8) is 0 Å². The van der Waals surface area contributed by atoms with Gasteiger partial charge in [-0.25, -0.2) is 0 Å². The highest BCUT2D eigenvalue weighted by atomic mass is 16.6. The maximum atomic E-state index is 11.8. The highest BCUT2D eigenvalue weighted by Gasteiger charge is 2.51. The lowest BCUT2D eigenvalue weighted by molar-refractivity contribution is -0.159. The molecule has 4 atom stereocenters. The first-order valence-electron chi connectivity index (χ1n) is 7.04. The number of hydrogen-bond donors (Lipinski definition) is 1. The van der Waals surface area contributed by atoms with Crippen molar-refractivity contribution in [1.82, 2.24) is 9.55 Å². The average Bonchev–Trinajstić information content (AvgIpc) is 2.92. The van der Waals surface area contributed by atoms with Crippen molar-refractivity contribution in [2.24, 2.45) is 5.41 Å². The van der Waals surface area contributed by atoms with E-state index >= 15 is 0 Å². The minimum Gasteiger partial charge on any atom is -0.462 e. The number of rotatable bonds is 2. The van der Waals surface area contributed by atoms with Gasteiger partial charge >= 0.3 is 12.0 Å². The Morgan fingerprint density at radius 2 is 2.23 bits per heavy atom. The molecule has 3 heterocycles. The van der Waals surface area contributed by atoms with Crippen molar-refractivity contribution in [3.05, 3.63) is 22.6 Å². The Balaban J connectivity index is 1.69. The van der Waals surface area contributed by atoms with Crippen LogP contribution in [-0.4, -0.2) is 45.5 Å². The molecule has 0 spiro atoms. The van der Waals surface area contributed by atoms with Gasteiger partial charge in [0.2, 0.25) is 0 Å². The average molecular weight is 310 g/mol. The summed E-state index contributed by atoms with van der Waals surface area (Å²) in [5, 5.41) is 10.3. The summed E-state index contributed by atoms with van der Waals surface area (Å²) in [5.41, 5.74) is -1.04. The number of nitrogens with zero attached hydrogens (tertiary/aromatic N) is 2. The predicted molar refractivity (Wildman–Crippen MR) is 73.2 cm³/mol. The molecule has 1 N–H and O–H groups in total. The third-order valence-corrected chi connectivity index (χ3v) is 3.62. The van der Waals surface area contributed by atoms with Crippen molar-refractivity contribution in [2.45, 2.75) is 45.3 Å². The number of aliphatic hydroxyl groups is 1. The van der Waals surface area contributed by atoms with Crippen LogP contribution in [0.15, 0.2) is 17.1 Å². The van der Waals surface area contributed by atoms with Crippen molar-refractivity contribution < 1.29 is 24.1 Å². The van der Waals surface area contributed by atoms with Crippen molar-refractivity contribution >= 4 is 5.97 Å². The third-order valence-electron chi connectivity index (χ3n) is 3.62. The molecule has 1 aromatic rings. The number of hydrogen-bond acceptors (Lipinski definition) is 7. The van der Waals surface area contributed by atoms with E-state index in [4.69, 9.17) is 14.2 Å². The van der Waals surface area contributed by atoms with Gasteiger partial charge < -0.3 is 19.3 Å². The number of carbonyl (C=O) groups excluding carboxylic acids is 1. The second-order valence-electron chi connectivity index (χ2n) is 6.44. The summed E-state index contributed by atoms with van der Waals surface area (Å²) in [6.07, 6.45) is -1.42. The Morgan fingerprint density at radius 3 is 2.91 bits per heavy atom. The Hall–Kier alpha value is -1.93. The fourth-order valence-electron chi connectivity index (χ4n) is 2.38. The van der Waals surface area contributed by atoms with Crippen molar-refractivity contribution in [2.75, 3.05) is 6.61 Å². The van der Waals surface area contributed by atoms with E-state index in [1.165, 1.54) is 12.3 Å². The summed E-state index contributed by atoms with van der Waals surface area (Å²) in [5.74, 6) is -0.369. The molecule has 2 aliphatic heterocycles. The molecule has 0 saturated carbocycles. The molecule has 0 radical (unpaired) electrons. The van der Waals surface area contributed by atoms with Gasteiger partial charge in [-0.15, -0.1) is 0 Å². The van der Waals surface area contributed by atoms with E-state index in [1.807, 2.05) is 0 Å². The van der Waals surface area contributed by atoms with Crippen LogP contribution in [0, 0.1) is 5.41 Å². The molecule has 0 bridgehead atoms. The van der Waals surface area contributed by atoms with E-state index in [1.54, 1.807) is 25.3 Å². The zero-order chi connectivity index (χ0) is 16.1. The van der Waals surface area contributed by atoms with Crippen LogP contribution < -0.4 is 10.3 Å². The molecule has 0 amide bonds. The van der Waals surface area contributed by atoms with Gasteiger partial charge in [-0.1, -0.05) is 0 Å². The zero-order valence-corrected chi connectivity index (χ0v) is 12.6. The summed E-state index contributed by atoms with van der Waals surface area (Å²) in [6.45, 7) is 5.18. The van der Waals surface area contributed by atoms with Crippen LogP contribution in [0.2, 0.25) is 0 Å². The molecule has 1 aromatic heterocycles. The van der Waals surface area contributed by atoms with Crippen LogP contribution in [0.4, 0.5) is 0 Å². The Kier molecular flexibility index (Phi) is 3.45. The maximum absolute atomic E-state index is 11.8. The Morgan fingerprint density at radius 1 is 1.50 bits per heavy atom. The molecule has 1 fully saturated rings. The van der Waals surface area contributed by atoms with E-state index in [2.05, 4.69) is 4.98 Å². The van der Waals surface area contributed by atoms with Gasteiger partial charge in [0.05, 0.1) is 5.41 Å². The van der Waals surface area contributed by atoms with Gasteiger partial charge in [0.15, 0.2) is 12.3 Å². The molecule has 0 unspecified atom stereocenters. The summed E-state index contributed by atoms with van der Waals surface area (Å²) in [4.78, 5) is 26.7. The molecular formula is C14H18N2O6. The lowest BCUT2D eigenvalue weighted by Gasteiger charge is -2.20. The van der Waals surface area contributed by atoms with Gasteiger partial charge in [0, 0.05) is 12.3 Å². The third kappa shape index (κ3) is 2.48. The highest BCUT2D eigenvalue weighted by Crippen LogP contribution is 2.38. The van der Waals surface area contributed by atoms with Crippen LogP contribution in [-0.2, 0) is 14.3 Å². The quantitative estimate of drug-likeness (QED) is 0.758. The van der Waals surface area contributed by atoms with Crippen molar-refractivity contribution in [1.29, 1.82) is 0 Å². The lowest BCUT2D eigenvalue weighted by atomic mass is 9.97. The number of ether oxygens (including phenoxy) is 3. The highest BCUT2D eigenvalue weighted by molar-refractivity contribution is 5.75. The standard InChI is InChI=1S/C14H18N2O6/c1-14(2,3)12(19)20-6-7-9(18)10-11(21-7)16-5-4-8(17)15-13(16)22-10/h4-5,7,9-11,18H,6H2,1-3H3/t7-,9-,10+,11-/m1/s1. The summed E-state index contributed by atoms with van der Waals surface area (Å²) >= 11 is 0. The number of aromatic nitrogens is 2. The molecule has 3 rings (SSSR count). The predicted octanol–water partition coefficient (Wildman–Crippen LogP) is -0.148. The molecule has 2 aliphatic rings. The van der Waals surface area contributed by atoms with Crippen LogP contribution in [0.25, 0.3) is 0 Å². The monoisotopic (exact) mass is 310 g/mol. The van der Waals surface area contributed by atoms with Crippen LogP contribution in [0.5, 0.6) is 6.01 Å². The summed E-state index contributed by atoms with van der Waals surface area (Å²) < 4.78 is 17.9. The maximum Gasteiger partial charge on any atom is 0.311 e. The second-order valence-corrected chi connectivity index (χ2v) is 6.44. The zero-order valence-electron chi connectivity index (χ0n) is 12.6. The first-order valence-corrected chi connectivity index (χ1v) is 7.04. The first kappa shape index (κ1) is 15.0. The van der Waals surface area contributed by atoms with E-state index in [9.17, 15) is 14.7 Å². The van der Waals surface area contributed by atoms with Crippen LogP contribution in [0.1, 0.15) is 27.0 Å².